The van der Waals surface area contributed by atoms with Crippen LogP contribution in [-0.4, -0.2) is 56.2 Å². The molecule has 0 aromatic carbocycles. The van der Waals surface area contributed by atoms with Crippen molar-refractivity contribution in [1.82, 2.24) is 0 Å². The minimum atomic E-state index is -3.81. The van der Waals surface area contributed by atoms with Crippen LogP contribution in [0.25, 0.3) is 0 Å². The third-order valence-electron chi connectivity index (χ3n) is 1.27. The zero-order valence-corrected chi connectivity index (χ0v) is 8.21. The van der Waals surface area contributed by atoms with E-state index in [2.05, 4.69) is 10.8 Å². The van der Waals surface area contributed by atoms with E-state index in [1.54, 1.807) is 6.92 Å². The molecule has 0 aromatic rings. The van der Waals surface area contributed by atoms with Crippen molar-refractivity contribution < 1.29 is 17.4 Å². The summed E-state index contributed by atoms with van der Waals surface area (Å²) in [5.41, 5.74) is 5.22. The quantitative estimate of drug-likeness (QED) is 0.372. The standard InChI is InChI=1S/C7H13NO4S.Na.H/c1-3-7(9)12-13(10,11)5-6(2)4-8;;/h3,6H,1,4-5,8H2,2H3;;. The molecular weight excluding hydrogens is 217 g/mol. The van der Waals surface area contributed by atoms with Gasteiger partial charge in [0.1, 0.15) is 0 Å². The zero-order chi connectivity index (χ0) is 10.5. The first-order valence-electron chi connectivity index (χ1n) is 3.70. The van der Waals surface area contributed by atoms with Crippen LogP contribution in [0.3, 0.4) is 0 Å². The van der Waals surface area contributed by atoms with Gasteiger partial charge in [0.2, 0.25) is 0 Å². The van der Waals surface area contributed by atoms with Gasteiger partial charge in [-0.3, -0.25) is 0 Å². The van der Waals surface area contributed by atoms with Crippen molar-refractivity contribution in [3.63, 3.8) is 0 Å². The molecule has 14 heavy (non-hydrogen) atoms. The van der Waals surface area contributed by atoms with E-state index in [9.17, 15) is 13.2 Å². The summed E-state index contributed by atoms with van der Waals surface area (Å²) in [5, 5.41) is 0. The van der Waals surface area contributed by atoms with Gasteiger partial charge in [-0.15, -0.1) is 0 Å². The normalized spacial score (nSPS) is 12.4. The van der Waals surface area contributed by atoms with E-state index < -0.39 is 16.1 Å². The Hall–Kier alpha value is 0.120. The number of carbonyl (C=O) groups is 1. The molecule has 0 spiro atoms. The summed E-state index contributed by atoms with van der Waals surface area (Å²) in [6, 6.07) is 0. The molecule has 0 fully saturated rings. The Morgan fingerprint density at radius 3 is 2.50 bits per heavy atom. The summed E-state index contributed by atoms with van der Waals surface area (Å²) >= 11 is 0. The summed E-state index contributed by atoms with van der Waals surface area (Å²) in [4.78, 5) is 10.5. The Labute approximate surface area is 106 Å². The molecule has 0 rings (SSSR count). The molecule has 1 unspecified atom stereocenters. The van der Waals surface area contributed by atoms with Crippen LogP contribution in [0.5, 0.6) is 0 Å². The molecule has 0 aliphatic rings. The number of hydrogen-bond donors (Lipinski definition) is 1. The van der Waals surface area contributed by atoms with E-state index >= 15 is 0 Å². The Bertz CT molecular complexity index is 288. The Kier molecular flexibility index (Phi) is 8.77. The first-order valence-corrected chi connectivity index (χ1v) is 5.27. The molecule has 0 saturated carbocycles. The van der Waals surface area contributed by atoms with Crippen molar-refractivity contribution in [3.05, 3.63) is 12.7 Å². The van der Waals surface area contributed by atoms with Gasteiger partial charge >= 0.3 is 45.6 Å². The minimum absolute atomic E-state index is 0. The van der Waals surface area contributed by atoms with Crippen LogP contribution >= 0.6 is 0 Å². The average molecular weight is 231 g/mol. The van der Waals surface area contributed by atoms with E-state index in [1.807, 2.05) is 0 Å². The molecule has 0 radical (unpaired) electrons. The second-order valence-corrected chi connectivity index (χ2v) is 4.29. The van der Waals surface area contributed by atoms with Crippen molar-refractivity contribution in [1.29, 1.82) is 0 Å². The van der Waals surface area contributed by atoms with Gasteiger partial charge in [-0.1, -0.05) is 13.5 Å². The molecule has 5 nitrogen and oxygen atoms in total. The molecule has 0 aromatic heterocycles. The Morgan fingerprint density at radius 2 is 2.14 bits per heavy atom. The van der Waals surface area contributed by atoms with Crippen LogP contribution in [0.15, 0.2) is 12.7 Å². The second-order valence-electron chi connectivity index (χ2n) is 2.67. The molecule has 7 heteroatoms. The molecule has 0 aliphatic carbocycles. The van der Waals surface area contributed by atoms with Crippen LogP contribution in [0.4, 0.5) is 0 Å². The molecule has 1 atom stereocenters. The number of carbonyl (C=O) groups excluding carboxylic acids is 1. The third-order valence-corrected chi connectivity index (χ3v) is 2.66. The van der Waals surface area contributed by atoms with Crippen molar-refractivity contribution >= 4 is 45.6 Å². The van der Waals surface area contributed by atoms with Crippen LogP contribution < -0.4 is 5.73 Å². The molecule has 0 heterocycles. The summed E-state index contributed by atoms with van der Waals surface area (Å²) in [6.45, 7) is 4.96. The Morgan fingerprint density at radius 1 is 1.64 bits per heavy atom. The first kappa shape index (κ1) is 16.5. The van der Waals surface area contributed by atoms with Gasteiger partial charge in [0.15, 0.2) is 0 Å². The third kappa shape index (κ3) is 7.52. The fourth-order valence-electron chi connectivity index (χ4n) is 0.610. The summed E-state index contributed by atoms with van der Waals surface area (Å²) in [6.07, 6.45) is 0.796. The van der Waals surface area contributed by atoms with Gasteiger partial charge in [-0.25, -0.2) is 4.79 Å². The van der Waals surface area contributed by atoms with Crippen LogP contribution in [0.2, 0.25) is 0 Å². The SMILES string of the molecule is C=CC(=O)OS(=O)(=O)CC(C)CN.[NaH]. The van der Waals surface area contributed by atoms with Gasteiger partial charge in [0.25, 0.3) is 0 Å². The predicted octanol–water partition coefficient (Wildman–Crippen LogP) is -1.01. The zero-order valence-electron chi connectivity index (χ0n) is 7.39. The number of nitrogens with two attached hydrogens (primary N) is 1. The van der Waals surface area contributed by atoms with Crippen molar-refractivity contribution in [2.45, 2.75) is 6.92 Å². The monoisotopic (exact) mass is 231 g/mol. The number of hydrogen-bond acceptors (Lipinski definition) is 5. The van der Waals surface area contributed by atoms with Crippen molar-refractivity contribution in [3.8, 4) is 0 Å². The molecule has 0 saturated heterocycles. The van der Waals surface area contributed by atoms with Gasteiger partial charge in [-0.05, 0) is 12.5 Å². The van der Waals surface area contributed by atoms with Crippen LogP contribution in [0.1, 0.15) is 6.92 Å². The van der Waals surface area contributed by atoms with Gasteiger partial charge in [0, 0.05) is 6.08 Å². The molecule has 0 amide bonds. The fourth-order valence-corrected chi connectivity index (χ4v) is 1.83. The van der Waals surface area contributed by atoms with E-state index in [-0.39, 0.29) is 47.8 Å². The van der Waals surface area contributed by atoms with Gasteiger partial charge in [0.05, 0.1) is 5.75 Å². The van der Waals surface area contributed by atoms with Crippen LogP contribution in [0, 0.1) is 5.92 Å². The van der Waals surface area contributed by atoms with E-state index in [1.165, 1.54) is 0 Å². The maximum atomic E-state index is 11.0. The molecule has 2 N–H and O–H groups in total. The van der Waals surface area contributed by atoms with Crippen LogP contribution in [-0.2, 0) is 19.1 Å². The molecule has 0 aliphatic heterocycles. The summed E-state index contributed by atoms with van der Waals surface area (Å²) in [5.74, 6) is -1.46. The van der Waals surface area contributed by atoms with Crippen molar-refractivity contribution in [2.24, 2.45) is 11.7 Å². The Balaban J connectivity index is 0. The average Bonchev–Trinajstić information content (AvgIpc) is 2.02. The van der Waals surface area contributed by atoms with Gasteiger partial charge < -0.3 is 9.92 Å². The fraction of sp³-hybridized carbons (Fsp3) is 0.571. The first-order chi connectivity index (χ1) is 5.91. The summed E-state index contributed by atoms with van der Waals surface area (Å²) < 4.78 is 26.2. The number of rotatable bonds is 5. The topological polar surface area (TPSA) is 86.5 Å². The molecule has 0 bridgehead atoms. The maximum absolute atomic E-state index is 11.0. The predicted molar refractivity (Wildman–Crippen MR) is 55.4 cm³/mol. The van der Waals surface area contributed by atoms with E-state index in [4.69, 9.17) is 5.73 Å². The van der Waals surface area contributed by atoms with Crippen molar-refractivity contribution in [2.75, 3.05) is 12.3 Å². The second kappa shape index (κ2) is 7.42. The van der Waals surface area contributed by atoms with E-state index in [0.717, 1.165) is 6.08 Å². The summed E-state index contributed by atoms with van der Waals surface area (Å²) in [7, 11) is -3.81. The molecule has 78 valence electrons. The van der Waals surface area contributed by atoms with E-state index in [0.29, 0.717) is 0 Å². The van der Waals surface area contributed by atoms with Gasteiger partial charge in [-0.2, -0.15) is 8.42 Å². The molecular formula is C7H14NNaO4S.